The molecule has 0 saturated carbocycles. The molecule has 0 aromatic heterocycles. The summed E-state index contributed by atoms with van der Waals surface area (Å²) in [4.78, 5) is 15.0. The number of rotatable bonds is 4. The molecule has 0 atom stereocenters. The van der Waals surface area contributed by atoms with Gasteiger partial charge in [0.25, 0.3) is 11.7 Å². The zero-order chi connectivity index (χ0) is 18.3. The van der Waals surface area contributed by atoms with Crippen molar-refractivity contribution in [2.75, 3.05) is 18.1 Å². The Morgan fingerprint density at radius 1 is 1.15 bits per heavy atom. The standard InChI is InChI=1S/C21H23NO4/c1-14(2)26-19-7-5-4-6-16(19)13-22-18-9-8-15(3)12-17(18)21(20(22)23)24-10-11-25-21/h4-9,12,14H,10-11,13H2,1-3H3. The molecule has 5 nitrogen and oxygen atoms in total. The lowest BCUT2D eigenvalue weighted by Crippen LogP contribution is -2.41. The normalized spacial score (nSPS) is 18.0. The van der Waals surface area contributed by atoms with E-state index in [9.17, 15) is 4.79 Å². The van der Waals surface area contributed by atoms with E-state index in [1.165, 1.54) is 0 Å². The fourth-order valence-corrected chi connectivity index (χ4v) is 3.57. The summed E-state index contributed by atoms with van der Waals surface area (Å²) in [6.07, 6.45) is 0.0632. The molecule has 136 valence electrons. The largest absolute Gasteiger partial charge is 0.491 e. The highest BCUT2D eigenvalue weighted by molar-refractivity contribution is 6.06. The van der Waals surface area contributed by atoms with E-state index in [1.807, 2.05) is 63.2 Å². The Morgan fingerprint density at radius 2 is 1.88 bits per heavy atom. The summed E-state index contributed by atoms with van der Waals surface area (Å²) >= 11 is 0. The molecular weight excluding hydrogens is 330 g/mol. The molecule has 2 aliphatic heterocycles. The topological polar surface area (TPSA) is 48.0 Å². The predicted octanol–water partition coefficient (Wildman–Crippen LogP) is 3.53. The number of benzene rings is 2. The van der Waals surface area contributed by atoms with Crippen LogP contribution in [0.4, 0.5) is 5.69 Å². The first-order valence-corrected chi connectivity index (χ1v) is 8.97. The van der Waals surface area contributed by atoms with Crippen LogP contribution in [0.15, 0.2) is 42.5 Å². The summed E-state index contributed by atoms with van der Waals surface area (Å²) in [5, 5.41) is 0. The molecule has 4 rings (SSSR count). The zero-order valence-electron chi connectivity index (χ0n) is 15.3. The molecule has 0 unspecified atom stereocenters. The van der Waals surface area contributed by atoms with Crippen molar-refractivity contribution in [3.05, 3.63) is 59.2 Å². The van der Waals surface area contributed by atoms with Crippen LogP contribution in [-0.4, -0.2) is 25.2 Å². The van der Waals surface area contributed by atoms with E-state index < -0.39 is 5.79 Å². The summed E-state index contributed by atoms with van der Waals surface area (Å²) in [6, 6.07) is 13.8. The third kappa shape index (κ3) is 2.68. The number of carbonyl (C=O) groups excluding carboxylic acids is 1. The number of nitrogens with zero attached hydrogens (tertiary/aromatic N) is 1. The first-order valence-electron chi connectivity index (χ1n) is 8.97. The zero-order valence-corrected chi connectivity index (χ0v) is 15.3. The van der Waals surface area contributed by atoms with E-state index in [0.717, 1.165) is 28.1 Å². The molecule has 2 aromatic rings. The fraction of sp³-hybridized carbons (Fsp3) is 0.381. The van der Waals surface area contributed by atoms with Crippen molar-refractivity contribution in [2.24, 2.45) is 0 Å². The molecule has 0 N–H and O–H groups in total. The Kier molecular flexibility index (Phi) is 4.21. The van der Waals surface area contributed by atoms with Crippen molar-refractivity contribution in [3.63, 3.8) is 0 Å². The van der Waals surface area contributed by atoms with Crippen molar-refractivity contribution >= 4 is 11.6 Å². The molecule has 2 heterocycles. The summed E-state index contributed by atoms with van der Waals surface area (Å²) in [5.74, 6) is -0.678. The van der Waals surface area contributed by atoms with Crippen LogP contribution in [-0.2, 0) is 26.6 Å². The summed E-state index contributed by atoms with van der Waals surface area (Å²) in [7, 11) is 0. The quantitative estimate of drug-likeness (QED) is 0.844. The lowest BCUT2D eigenvalue weighted by Gasteiger charge is -2.23. The molecule has 5 heteroatoms. The van der Waals surface area contributed by atoms with E-state index in [1.54, 1.807) is 4.90 Å². The van der Waals surface area contributed by atoms with E-state index in [-0.39, 0.29) is 12.0 Å². The number of anilines is 1. The van der Waals surface area contributed by atoms with Gasteiger partial charge in [0.1, 0.15) is 5.75 Å². The van der Waals surface area contributed by atoms with Crippen LogP contribution in [0.1, 0.15) is 30.5 Å². The van der Waals surface area contributed by atoms with Gasteiger partial charge in [-0.05, 0) is 39.0 Å². The van der Waals surface area contributed by atoms with Gasteiger partial charge in [0.2, 0.25) is 0 Å². The van der Waals surface area contributed by atoms with Crippen LogP contribution < -0.4 is 9.64 Å². The molecule has 2 aromatic carbocycles. The minimum absolute atomic E-state index is 0.0632. The van der Waals surface area contributed by atoms with Crippen LogP contribution in [0.2, 0.25) is 0 Å². The maximum Gasteiger partial charge on any atom is 0.292 e. The van der Waals surface area contributed by atoms with Gasteiger partial charge in [0, 0.05) is 11.1 Å². The van der Waals surface area contributed by atoms with Crippen LogP contribution in [0, 0.1) is 6.92 Å². The molecule has 1 amide bonds. The van der Waals surface area contributed by atoms with Crippen LogP contribution in [0.25, 0.3) is 0 Å². The minimum Gasteiger partial charge on any atom is -0.491 e. The molecule has 1 spiro atoms. The highest BCUT2D eigenvalue weighted by Crippen LogP contribution is 2.46. The Hall–Kier alpha value is -2.37. The molecule has 0 aliphatic carbocycles. The van der Waals surface area contributed by atoms with Gasteiger partial charge in [0.05, 0.1) is 31.5 Å². The molecule has 0 bridgehead atoms. The SMILES string of the molecule is Cc1ccc2c(c1)C1(OCCO1)C(=O)N2Cc1ccccc1OC(C)C. The van der Waals surface area contributed by atoms with Gasteiger partial charge in [-0.25, -0.2) is 0 Å². The number of ether oxygens (including phenoxy) is 3. The fourth-order valence-electron chi connectivity index (χ4n) is 3.57. The number of para-hydroxylation sites is 1. The maximum absolute atomic E-state index is 13.3. The third-order valence-corrected chi connectivity index (χ3v) is 4.68. The minimum atomic E-state index is -1.30. The highest BCUT2D eigenvalue weighted by atomic mass is 16.7. The predicted molar refractivity (Wildman–Crippen MR) is 98.2 cm³/mol. The number of aryl methyl sites for hydroxylation is 1. The monoisotopic (exact) mass is 353 g/mol. The Bertz CT molecular complexity index is 840. The van der Waals surface area contributed by atoms with Gasteiger partial charge in [-0.1, -0.05) is 29.8 Å². The molecule has 26 heavy (non-hydrogen) atoms. The molecule has 1 saturated heterocycles. The average molecular weight is 353 g/mol. The lowest BCUT2D eigenvalue weighted by molar-refractivity contribution is -0.180. The van der Waals surface area contributed by atoms with Crippen LogP contribution in [0.3, 0.4) is 0 Å². The van der Waals surface area contributed by atoms with E-state index in [4.69, 9.17) is 14.2 Å². The van der Waals surface area contributed by atoms with Crippen LogP contribution in [0.5, 0.6) is 5.75 Å². The van der Waals surface area contributed by atoms with Gasteiger partial charge >= 0.3 is 0 Å². The summed E-state index contributed by atoms with van der Waals surface area (Å²) in [6.45, 7) is 7.23. The second-order valence-corrected chi connectivity index (χ2v) is 7.00. The van der Waals surface area contributed by atoms with Gasteiger partial charge in [-0.15, -0.1) is 0 Å². The van der Waals surface area contributed by atoms with E-state index >= 15 is 0 Å². The highest BCUT2D eigenvalue weighted by Gasteiger charge is 2.56. The van der Waals surface area contributed by atoms with Crippen LogP contribution >= 0.6 is 0 Å². The van der Waals surface area contributed by atoms with Crippen molar-refractivity contribution in [1.29, 1.82) is 0 Å². The molecule has 2 aliphatic rings. The Morgan fingerprint density at radius 3 is 2.62 bits per heavy atom. The van der Waals surface area contributed by atoms with Gasteiger partial charge in [0.15, 0.2) is 0 Å². The summed E-state index contributed by atoms with van der Waals surface area (Å²) < 4.78 is 17.5. The third-order valence-electron chi connectivity index (χ3n) is 4.68. The maximum atomic E-state index is 13.3. The Balaban J connectivity index is 1.74. The second-order valence-electron chi connectivity index (χ2n) is 7.00. The van der Waals surface area contributed by atoms with E-state index in [2.05, 4.69) is 0 Å². The van der Waals surface area contributed by atoms with Gasteiger partial charge in [-0.3, -0.25) is 4.79 Å². The number of hydrogen-bond acceptors (Lipinski definition) is 4. The van der Waals surface area contributed by atoms with E-state index in [0.29, 0.717) is 19.8 Å². The molecule has 0 radical (unpaired) electrons. The van der Waals surface area contributed by atoms with Crippen molar-refractivity contribution in [1.82, 2.24) is 0 Å². The van der Waals surface area contributed by atoms with Crippen molar-refractivity contribution < 1.29 is 19.0 Å². The Labute approximate surface area is 153 Å². The first-order chi connectivity index (χ1) is 12.5. The summed E-state index contributed by atoms with van der Waals surface area (Å²) in [5.41, 5.74) is 3.65. The number of hydrogen-bond donors (Lipinski definition) is 0. The number of carbonyl (C=O) groups is 1. The lowest BCUT2D eigenvalue weighted by atomic mass is 10.0. The number of amides is 1. The van der Waals surface area contributed by atoms with Crippen molar-refractivity contribution in [2.45, 2.75) is 39.2 Å². The van der Waals surface area contributed by atoms with Crippen molar-refractivity contribution in [3.8, 4) is 5.75 Å². The second kappa shape index (κ2) is 6.41. The molecule has 1 fully saturated rings. The van der Waals surface area contributed by atoms with Gasteiger partial charge in [-0.2, -0.15) is 0 Å². The first kappa shape index (κ1) is 17.1. The average Bonchev–Trinajstić information content (AvgIpc) is 3.18. The van der Waals surface area contributed by atoms with Gasteiger partial charge < -0.3 is 19.1 Å². The number of fused-ring (bicyclic) bond motifs is 2. The molecular formula is C21H23NO4. The smallest absolute Gasteiger partial charge is 0.292 e.